The van der Waals surface area contributed by atoms with Crippen molar-refractivity contribution in [1.29, 1.82) is 0 Å². The number of rotatable bonds is 3. The zero-order chi connectivity index (χ0) is 10.6. The lowest BCUT2D eigenvalue weighted by molar-refractivity contribution is -0.960. The Balaban J connectivity index is 3.07. The highest BCUT2D eigenvalue weighted by atomic mass is 17.3. The van der Waals surface area contributed by atoms with E-state index in [0.717, 1.165) is 0 Å². The van der Waals surface area contributed by atoms with Gasteiger partial charge in [-0.15, -0.1) is 4.89 Å². The average Bonchev–Trinajstić information content (AvgIpc) is 2.20. The molecule has 6 nitrogen and oxygen atoms in total. The fourth-order valence-electron chi connectivity index (χ4n) is 0.936. The summed E-state index contributed by atoms with van der Waals surface area (Å²) in [5.74, 6) is -0.517. The molecular formula is C8H11N2O4+. The van der Waals surface area contributed by atoms with Crippen LogP contribution in [0.2, 0.25) is 0 Å². The maximum Gasteiger partial charge on any atom is 0.363 e. The summed E-state index contributed by atoms with van der Waals surface area (Å²) in [7, 11) is 2.66. The van der Waals surface area contributed by atoms with Gasteiger partial charge in [0, 0.05) is 6.92 Å². The topological polar surface area (TPSA) is 61.5 Å². The van der Waals surface area contributed by atoms with E-state index in [0.29, 0.717) is 5.69 Å². The molecule has 0 radical (unpaired) electrons. The largest absolute Gasteiger partial charge is 0.464 e. The van der Waals surface area contributed by atoms with Gasteiger partial charge in [-0.2, -0.15) is 0 Å². The molecule has 0 atom stereocenters. The van der Waals surface area contributed by atoms with Crippen LogP contribution in [0.1, 0.15) is 16.2 Å². The molecule has 0 saturated carbocycles. The van der Waals surface area contributed by atoms with Crippen LogP contribution >= 0.6 is 0 Å². The van der Waals surface area contributed by atoms with E-state index >= 15 is 0 Å². The number of hydrogen-bond acceptors (Lipinski definition) is 5. The lowest BCUT2D eigenvalue weighted by atomic mass is 10.3. The number of carbonyl (C=O) groups is 1. The van der Waals surface area contributed by atoms with Gasteiger partial charge in [-0.25, -0.2) is 9.78 Å². The van der Waals surface area contributed by atoms with Crippen LogP contribution in [0.5, 0.6) is 0 Å². The van der Waals surface area contributed by atoms with Gasteiger partial charge in [0.25, 0.3) is 5.69 Å². The SMILES string of the molecule is COO[n+]1ccnc(C(=O)OC)c1C. The highest BCUT2D eigenvalue weighted by Crippen LogP contribution is 1.98. The van der Waals surface area contributed by atoms with Gasteiger partial charge in [0.05, 0.1) is 25.1 Å². The minimum atomic E-state index is -0.517. The van der Waals surface area contributed by atoms with Crippen LogP contribution in [0.25, 0.3) is 0 Å². The third-order valence-electron chi connectivity index (χ3n) is 1.61. The second kappa shape index (κ2) is 4.52. The van der Waals surface area contributed by atoms with Gasteiger partial charge in [0.1, 0.15) is 0 Å². The first kappa shape index (κ1) is 10.4. The number of ether oxygens (including phenoxy) is 1. The summed E-state index contributed by atoms with van der Waals surface area (Å²) in [6.45, 7) is 1.66. The van der Waals surface area contributed by atoms with E-state index in [1.807, 2.05) is 0 Å². The van der Waals surface area contributed by atoms with E-state index in [-0.39, 0.29) is 5.69 Å². The number of methoxy groups -OCH3 is 1. The van der Waals surface area contributed by atoms with Crippen molar-refractivity contribution >= 4 is 5.97 Å². The number of esters is 1. The van der Waals surface area contributed by atoms with Crippen LogP contribution in [0, 0.1) is 6.92 Å². The lowest BCUT2D eigenvalue weighted by Crippen LogP contribution is -2.46. The molecule has 0 N–H and O–H groups in total. The molecule has 1 aromatic heterocycles. The Morgan fingerprint density at radius 1 is 1.50 bits per heavy atom. The number of hydrogen-bond donors (Lipinski definition) is 0. The molecule has 0 aromatic carbocycles. The third kappa shape index (κ3) is 1.97. The van der Waals surface area contributed by atoms with Gasteiger partial charge in [-0.3, -0.25) is 0 Å². The fraction of sp³-hybridized carbons (Fsp3) is 0.375. The zero-order valence-corrected chi connectivity index (χ0v) is 8.18. The first-order valence-corrected chi connectivity index (χ1v) is 3.87. The van der Waals surface area contributed by atoms with Gasteiger partial charge in [0.15, 0.2) is 0 Å². The fourth-order valence-corrected chi connectivity index (χ4v) is 0.936. The zero-order valence-electron chi connectivity index (χ0n) is 8.18. The van der Waals surface area contributed by atoms with Crippen molar-refractivity contribution in [3.05, 3.63) is 23.8 Å². The Labute approximate surface area is 80.9 Å². The Morgan fingerprint density at radius 3 is 2.79 bits per heavy atom. The second-order valence-electron chi connectivity index (χ2n) is 2.42. The lowest BCUT2D eigenvalue weighted by Gasteiger charge is -1.99. The molecule has 0 aliphatic rings. The van der Waals surface area contributed by atoms with Crippen LogP contribution in [0.4, 0.5) is 0 Å². The Bertz CT molecular complexity index is 340. The van der Waals surface area contributed by atoms with Crippen LogP contribution in [-0.4, -0.2) is 25.2 Å². The highest BCUT2D eigenvalue weighted by Gasteiger charge is 2.21. The van der Waals surface area contributed by atoms with Gasteiger partial charge in [0.2, 0.25) is 11.9 Å². The highest BCUT2D eigenvalue weighted by molar-refractivity contribution is 5.87. The molecule has 14 heavy (non-hydrogen) atoms. The minimum Gasteiger partial charge on any atom is -0.464 e. The van der Waals surface area contributed by atoms with E-state index in [2.05, 4.69) is 14.6 Å². The van der Waals surface area contributed by atoms with E-state index < -0.39 is 5.97 Å². The van der Waals surface area contributed by atoms with Gasteiger partial charge >= 0.3 is 5.97 Å². The van der Waals surface area contributed by atoms with E-state index in [1.165, 1.54) is 31.3 Å². The van der Waals surface area contributed by atoms with Crippen LogP contribution in [0.3, 0.4) is 0 Å². The normalized spacial score (nSPS) is 9.64. The maximum absolute atomic E-state index is 11.2. The molecule has 1 heterocycles. The van der Waals surface area contributed by atoms with Gasteiger partial charge < -0.3 is 4.74 Å². The summed E-state index contributed by atoms with van der Waals surface area (Å²) in [6, 6.07) is 0. The van der Waals surface area contributed by atoms with E-state index in [4.69, 9.17) is 4.99 Å². The summed E-state index contributed by atoms with van der Waals surface area (Å²) >= 11 is 0. The molecule has 0 unspecified atom stereocenters. The van der Waals surface area contributed by atoms with Crippen LogP contribution < -0.4 is 9.72 Å². The molecule has 76 valence electrons. The van der Waals surface area contributed by atoms with Crippen molar-refractivity contribution in [3.8, 4) is 0 Å². The van der Waals surface area contributed by atoms with Crippen molar-refractivity contribution in [2.24, 2.45) is 0 Å². The van der Waals surface area contributed by atoms with Crippen molar-refractivity contribution in [2.75, 3.05) is 14.2 Å². The summed E-state index contributed by atoms with van der Waals surface area (Å²) in [4.78, 5) is 24.3. The van der Waals surface area contributed by atoms with E-state index in [1.54, 1.807) is 6.92 Å². The number of aromatic nitrogens is 2. The Kier molecular flexibility index (Phi) is 3.35. The molecule has 0 amide bonds. The number of carbonyl (C=O) groups excluding carboxylic acids is 1. The molecule has 0 spiro atoms. The summed E-state index contributed by atoms with van der Waals surface area (Å²) in [6.07, 6.45) is 2.93. The molecule has 1 rings (SSSR count). The Morgan fingerprint density at radius 2 is 2.21 bits per heavy atom. The molecule has 0 saturated heterocycles. The van der Waals surface area contributed by atoms with E-state index in [9.17, 15) is 4.79 Å². The van der Waals surface area contributed by atoms with Gasteiger partial charge in [-0.1, -0.05) is 4.99 Å². The molecular weight excluding hydrogens is 188 g/mol. The smallest absolute Gasteiger partial charge is 0.363 e. The minimum absolute atomic E-state index is 0.187. The molecule has 1 aromatic rings. The first-order valence-electron chi connectivity index (χ1n) is 3.87. The molecule has 0 fully saturated rings. The van der Waals surface area contributed by atoms with Gasteiger partial charge in [-0.05, 0) is 0 Å². The second-order valence-corrected chi connectivity index (χ2v) is 2.42. The number of nitrogens with zero attached hydrogens (tertiary/aromatic N) is 2. The van der Waals surface area contributed by atoms with Crippen molar-refractivity contribution in [2.45, 2.75) is 6.92 Å². The van der Waals surface area contributed by atoms with Crippen molar-refractivity contribution < 1.29 is 24.1 Å². The Hall–Kier alpha value is -1.69. The monoisotopic (exact) mass is 199 g/mol. The quantitative estimate of drug-likeness (QED) is 0.283. The standard InChI is InChI=1S/C8H11N2O4/c1-6-7(8(11)12-2)9-4-5-10(6)14-13-3/h4-5H,1-3H3/q+1. The predicted octanol–water partition coefficient (Wildman–Crippen LogP) is -0.546. The first-order chi connectivity index (χ1) is 6.70. The molecule has 0 aliphatic heterocycles. The summed E-state index contributed by atoms with van der Waals surface area (Å²) in [5, 5.41) is 0. The molecule has 0 aliphatic carbocycles. The summed E-state index contributed by atoms with van der Waals surface area (Å²) in [5.41, 5.74) is 0.688. The average molecular weight is 199 g/mol. The van der Waals surface area contributed by atoms with Crippen molar-refractivity contribution in [1.82, 2.24) is 4.98 Å². The molecule has 0 bridgehead atoms. The maximum atomic E-state index is 11.2. The molecule has 6 heteroatoms. The summed E-state index contributed by atoms with van der Waals surface area (Å²) < 4.78 is 5.82. The predicted molar refractivity (Wildman–Crippen MR) is 44.1 cm³/mol. The third-order valence-corrected chi connectivity index (χ3v) is 1.61. The van der Waals surface area contributed by atoms with Crippen LogP contribution in [0.15, 0.2) is 12.4 Å². The van der Waals surface area contributed by atoms with Crippen molar-refractivity contribution in [3.63, 3.8) is 0 Å². The van der Waals surface area contributed by atoms with Crippen LogP contribution in [-0.2, 0) is 9.62 Å².